The SMILES string of the molecule is CCCOCC(O)(CC)CN. The van der Waals surface area contributed by atoms with Crippen molar-refractivity contribution < 1.29 is 9.84 Å². The van der Waals surface area contributed by atoms with E-state index in [4.69, 9.17) is 10.5 Å². The Morgan fingerprint density at radius 1 is 1.45 bits per heavy atom. The summed E-state index contributed by atoms with van der Waals surface area (Å²) < 4.78 is 5.20. The Balaban J connectivity index is 3.51. The van der Waals surface area contributed by atoms with Gasteiger partial charge < -0.3 is 15.6 Å². The van der Waals surface area contributed by atoms with Gasteiger partial charge in [-0.25, -0.2) is 0 Å². The van der Waals surface area contributed by atoms with E-state index in [0.717, 1.165) is 6.42 Å². The molecule has 3 heteroatoms. The monoisotopic (exact) mass is 161 g/mol. The fourth-order valence-corrected chi connectivity index (χ4v) is 0.712. The molecule has 1 unspecified atom stereocenters. The molecule has 0 aromatic heterocycles. The first-order chi connectivity index (χ1) is 5.18. The van der Waals surface area contributed by atoms with Crippen molar-refractivity contribution in [3.63, 3.8) is 0 Å². The minimum atomic E-state index is -0.810. The predicted molar refractivity (Wildman–Crippen MR) is 45.4 cm³/mol. The second kappa shape index (κ2) is 5.52. The van der Waals surface area contributed by atoms with Crippen LogP contribution in [0.5, 0.6) is 0 Å². The van der Waals surface area contributed by atoms with Gasteiger partial charge in [-0.2, -0.15) is 0 Å². The minimum absolute atomic E-state index is 0.271. The number of hydrogen-bond acceptors (Lipinski definition) is 3. The Labute approximate surface area is 68.5 Å². The fourth-order valence-electron chi connectivity index (χ4n) is 0.712. The first-order valence-corrected chi connectivity index (χ1v) is 4.18. The zero-order valence-electron chi connectivity index (χ0n) is 7.47. The fraction of sp³-hybridized carbons (Fsp3) is 1.00. The summed E-state index contributed by atoms with van der Waals surface area (Å²) in [5.74, 6) is 0. The van der Waals surface area contributed by atoms with Crippen LogP contribution in [0, 0.1) is 0 Å². The van der Waals surface area contributed by atoms with Crippen molar-refractivity contribution >= 4 is 0 Å². The number of aliphatic hydroxyl groups is 1. The lowest BCUT2D eigenvalue weighted by molar-refractivity contribution is -0.0420. The molecule has 0 fully saturated rings. The highest BCUT2D eigenvalue weighted by Gasteiger charge is 2.22. The largest absolute Gasteiger partial charge is 0.386 e. The van der Waals surface area contributed by atoms with Crippen molar-refractivity contribution in [2.24, 2.45) is 5.73 Å². The molecular weight excluding hydrogens is 142 g/mol. The van der Waals surface area contributed by atoms with Gasteiger partial charge in [-0.05, 0) is 12.8 Å². The smallest absolute Gasteiger partial charge is 0.0998 e. The number of rotatable bonds is 6. The Morgan fingerprint density at radius 2 is 2.09 bits per heavy atom. The van der Waals surface area contributed by atoms with Gasteiger partial charge in [0.25, 0.3) is 0 Å². The molecule has 0 heterocycles. The average molecular weight is 161 g/mol. The highest BCUT2D eigenvalue weighted by atomic mass is 16.5. The predicted octanol–water partition coefficient (Wildman–Crippen LogP) is 0.513. The zero-order valence-corrected chi connectivity index (χ0v) is 7.47. The van der Waals surface area contributed by atoms with E-state index in [-0.39, 0.29) is 6.54 Å². The van der Waals surface area contributed by atoms with Crippen LogP contribution >= 0.6 is 0 Å². The van der Waals surface area contributed by atoms with Crippen molar-refractivity contribution in [1.29, 1.82) is 0 Å². The summed E-state index contributed by atoms with van der Waals surface area (Å²) in [4.78, 5) is 0. The van der Waals surface area contributed by atoms with Crippen LogP contribution in [0.15, 0.2) is 0 Å². The summed E-state index contributed by atoms with van der Waals surface area (Å²) in [6.07, 6.45) is 1.62. The summed E-state index contributed by atoms with van der Waals surface area (Å²) in [6.45, 7) is 5.26. The third kappa shape index (κ3) is 4.35. The van der Waals surface area contributed by atoms with E-state index in [2.05, 4.69) is 0 Å². The first kappa shape index (κ1) is 10.9. The summed E-state index contributed by atoms with van der Waals surface area (Å²) in [5.41, 5.74) is 4.56. The van der Waals surface area contributed by atoms with Crippen LogP contribution in [0.4, 0.5) is 0 Å². The van der Waals surface area contributed by atoms with E-state index in [9.17, 15) is 5.11 Å². The molecule has 0 aliphatic carbocycles. The molecule has 0 bridgehead atoms. The van der Waals surface area contributed by atoms with Gasteiger partial charge >= 0.3 is 0 Å². The van der Waals surface area contributed by atoms with Crippen molar-refractivity contribution in [1.82, 2.24) is 0 Å². The number of hydrogen-bond donors (Lipinski definition) is 2. The van der Waals surface area contributed by atoms with Crippen LogP contribution in [0.1, 0.15) is 26.7 Å². The quantitative estimate of drug-likeness (QED) is 0.558. The van der Waals surface area contributed by atoms with E-state index in [1.165, 1.54) is 0 Å². The van der Waals surface area contributed by atoms with E-state index < -0.39 is 5.60 Å². The van der Waals surface area contributed by atoms with Gasteiger partial charge in [-0.1, -0.05) is 13.8 Å². The second-order valence-electron chi connectivity index (χ2n) is 2.83. The Morgan fingerprint density at radius 3 is 2.45 bits per heavy atom. The zero-order chi connectivity index (χ0) is 8.74. The van der Waals surface area contributed by atoms with Crippen molar-refractivity contribution in [2.75, 3.05) is 19.8 Å². The molecule has 0 radical (unpaired) electrons. The molecule has 11 heavy (non-hydrogen) atoms. The summed E-state index contributed by atoms with van der Waals surface area (Å²) in [5, 5.41) is 9.61. The lowest BCUT2D eigenvalue weighted by atomic mass is 10.0. The molecule has 0 amide bonds. The molecular formula is C8H19NO2. The van der Waals surface area contributed by atoms with Crippen LogP contribution in [0.2, 0.25) is 0 Å². The summed E-state index contributed by atoms with van der Waals surface area (Å²) in [7, 11) is 0. The third-order valence-electron chi connectivity index (χ3n) is 1.76. The minimum Gasteiger partial charge on any atom is -0.386 e. The van der Waals surface area contributed by atoms with Gasteiger partial charge in [-0.3, -0.25) is 0 Å². The number of ether oxygens (including phenoxy) is 1. The van der Waals surface area contributed by atoms with E-state index in [0.29, 0.717) is 19.6 Å². The normalized spacial score (nSPS) is 16.4. The molecule has 0 aromatic carbocycles. The molecule has 3 N–H and O–H groups in total. The van der Waals surface area contributed by atoms with Gasteiger partial charge in [0.1, 0.15) is 0 Å². The average Bonchev–Trinajstić information content (AvgIpc) is 2.05. The molecule has 0 spiro atoms. The molecule has 1 atom stereocenters. The van der Waals surface area contributed by atoms with Gasteiger partial charge in [-0.15, -0.1) is 0 Å². The second-order valence-corrected chi connectivity index (χ2v) is 2.83. The molecule has 0 aliphatic rings. The van der Waals surface area contributed by atoms with Crippen LogP contribution in [0.25, 0.3) is 0 Å². The maximum absolute atomic E-state index is 9.61. The molecule has 68 valence electrons. The Kier molecular flexibility index (Phi) is 5.46. The van der Waals surface area contributed by atoms with E-state index in [1.54, 1.807) is 0 Å². The van der Waals surface area contributed by atoms with Gasteiger partial charge in [0.05, 0.1) is 12.2 Å². The maximum Gasteiger partial charge on any atom is 0.0998 e. The standard InChI is InChI=1S/C8H19NO2/c1-3-5-11-7-8(10,4-2)6-9/h10H,3-7,9H2,1-2H3. The molecule has 0 aromatic rings. The molecule has 0 rings (SSSR count). The first-order valence-electron chi connectivity index (χ1n) is 4.18. The highest BCUT2D eigenvalue weighted by molar-refractivity contribution is 4.76. The van der Waals surface area contributed by atoms with E-state index in [1.807, 2.05) is 13.8 Å². The van der Waals surface area contributed by atoms with Crippen LogP contribution in [0.3, 0.4) is 0 Å². The van der Waals surface area contributed by atoms with E-state index >= 15 is 0 Å². The lowest BCUT2D eigenvalue weighted by Gasteiger charge is -2.24. The summed E-state index contributed by atoms with van der Waals surface area (Å²) >= 11 is 0. The Hall–Kier alpha value is -0.120. The van der Waals surface area contributed by atoms with Crippen LogP contribution in [-0.2, 0) is 4.74 Å². The van der Waals surface area contributed by atoms with Gasteiger partial charge in [0.2, 0.25) is 0 Å². The van der Waals surface area contributed by atoms with Crippen LogP contribution in [-0.4, -0.2) is 30.5 Å². The third-order valence-corrected chi connectivity index (χ3v) is 1.76. The summed E-state index contributed by atoms with van der Waals surface area (Å²) in [6, 6.07) is 0. The van der Waals surface area contributed by atoms with Crippen molar-refractivity contribution in [3.05, 3.63) is 0 Å². The van der Waals surface area contributed by atoms with Crippen LogP contribution < -0.4 is 5.73 Å². The van der Waals surface area contributed by atoms with Crippen molar-refractivity contribution in [2.45, 2.75) is 32.3 Å². The Bertz CT molecular complexity index is 92.1. The maximum atomic E-state index is 9.61. The van der Waals surface area contributed by atoms with Gasteiger partial charge in [0, 0.05) is 13.2 Å². The lowest BCUT2D eigenvalue weighted by Crippen LogP contribution is -2.41. The molecule has 0 saturated heterocycles. The highest BCUT2D eigenvalue weighted by Crippen LogP contribution is 2.07. The topological polar surface area (TPSA) is 55.5 Å². The number of nitrogens with two attached hydrogens (primary N) is 1. The molecule has 0 saturated carbocycles. The molecule has 0 aliphatic heterocycles. The van der Waals surface area contributed by atoms with Gasteiger partial charge in [0.15, 0.2) is 0 Å². The molecule has 3 nitrogen and oxygen atoms in total. The van der Waals surface area contributed by atoms with Crippen molar-refractivity contribution in [3.8, 4) is 0 Å².